The minimum Gasteiger partial charge on any atom is -0.378 e. The van der Waals surface area contributed by atoms with Gasteiger partial charge in [-0.2, -0.15) is 9.35 Å². The third-order valence-electron chi connectivity index (χ3n) is 7.34. The Labute approximate surface area is 244 Å². The van der Waals surface area contributed by atoms with Gasteiger partial charge in [0, 0.05) is 66.0 Å². The normalized spacial score (nSPS) is 15.9. The molecule has 12 nitrogen and oxygen atoms in total. The van der Waals surface area contributed by atoms with Gasteiger partial charge in [0.1, 0.15) is 5.39 Å². The maximum Gasteiger partial charge on any atom is 0.278 e. The summed E-state index contributed by atoms with van der Waals surface area (Å²) in [5, 5.41) is 3.75. The first kappa shape index (κ1) is 28.1. The van der Waals surface area contributed by atoms with E-state index in [1.54, 1.807) is 41.5 Å². The zero-order valence-corrected chi connectivity index (χ0v) is 24.9. The number of aromatic nitrogens is 5. The Bertz CT molecular complexity index is 1840. The maximum absolute atomic E-state index is 13.4. The summed E-state index contributed by atoms with van der Waals surface area (Å²) in [7, 11) is -0.291. The molecule has 1 aromatic carbocycles. The lowest BCUT2D eigenvalue weighted by Crippen LogP contribution is -2.38. The molecule has 6 rings (SSSR count). The van der Waals surface area contributed by atoms with Crippen molar-refractivity contribution in [2.24, 2.45) is 4.36 Å². The Morgan fingerprint density at radius 3 is 2.74 bits per heavy atom. The Balaban J connectivity index is 1.45. The van der Waals surface area contributed by atoms with Crippen LogP contribution in [0.3, 0.4) is 0 Å². The van der Waals surface area contributed by atoms with E-state index in [1.807, 2.05) is 0 Å². The number of pyridine rings is 1. The number of hydrogen-bond acceptors (Lipinski definition) is 10. The fraction of sp³-hybridized carbons (Fsp3) is 0.379. The van der Waals surface area contributed by atoms with Crippen molar-refractivity contribution < 1.29 is 8.95 Å². The van der Waals surface area contributed by atoms with Crippen LogP contribution >= 0.6 is 0 Å². The van der Waals surface area contributed by atoms with Crippen LogP contribution in [0.5, 0.6) is 0 Å². The third kappa shape index (κ3) is 5.67. The molecule has 5 heterocycles. The van der Waals surface area contributed by atoms with Crippen molar-refractivity contribution >= 4 is 43.9 Å². The van der Waals surface area contributed by atoms with E-state index in [1.165, 1.54) is 27.7 Å². The van der Waals surface area contributed by atoms with E-state index in [9.17, 15) is 9.00 Å². The van der Waals surface area contributed by atoms with Gasteiger partial charge in [0.05, 0.1) is 19.8 Å². The number of likely N-dealkylation sites (N-methyl/N-ethyl adjacent to an activating group) is 1. The summed E-state index contributed by atoms with van der Waals surface area (Å²) in [4.78, 5) is 32.0. The van der Waals surface area contributed by atoms with Crippen LogP contribution in [0.1, 0.15) is 11.1 Å². The SMILES string of the molecule is C=CCn1c(=O)c2cnc(Nc3cc4c(c(N5CCOCC5)c3)CCN(C)C4)nc2n1-c1cccc(N=S(C)(C)=O)n1. The van der Waals surface area contributed by atoms with Gasteiger partial charge in [0.25, 0.3) is 5.56 Å². The number of fused-ring (bicyclic) bond motifs is 2. The first-order chi connectivity index (χ1) is 20.2. The van der Waals surface area contributed by atoms with E-state index in [2.05, 4.69) is 55.2 Å². The quantitative estimate of drug-likeness (QED) is 0.324. The summed E-state index contributed by atoms with van der Waals surface area (Å²) in [6.45, 7) is 9.05. The molecule has 0 saturated carbocycles. The molecule has 1 fully saturated rings. The van der Waals surface area contributed by atoms with Gasteiger partial charge in [0.15, 0.2) is 17.3 Å². The molecular weight excluding hydrogens is 554 g/mol. The lowest BCUT2D eigenvalue weighted by atomic mass is 9.96. The molecule has 0 radical (unpaired) electrons. The van der Waals surface area contributed by atoms with Crippen molar-refractivity contribution in [2.45, 2.75) is 19.5 Å². The molecule has 13 heteroatoms. The van der Waals surface area contributed by atoms with E-state index < -0.39 is 9.73 Å². The van der Waals surface area contributed by atoms with Crippen molar-refractivity contribution in [1.82, 2.24) is 29.2 Å². The highest BCUT2D eigenvalue weighted by Crippen LogP contribution is 2.34. The average molecular weight is 590 g/mol. The molecule has 0 atom stereocenters. The van der Waals surface area contributed by atoms with Crippen LogP contribution < -0.4 is 15.8 Å². The van der Waals surface area contributed by atoms with E-state index >= 15 is 0 Å². The second-order valence-electron chi connectivity index (χ2n) is 10.9. The average Bonchev–Trinajstić information content (AvgIpc) is 3.22. The molecule has 2 aliphatic rings. The smallest absolute Gasteiger partial charge is 0.278 e. The Morgan fingerprint density at radius 2 is 1.98 bits per heavy atom. The summed E-state index contributed by atoms with van der Waals surface area (Å²) in [5.41, 5.74) is 4.88. The molecule has 0 unspecified atom stereocenters. The van der Waals surface area contributed by atoms with Crippen molar-refractivity contribution in [3.63, 3.8) is 0 Å². The molecule has 4 aromatic rings. The largest absolute Gasteiger partial charge is 0.378 e. The Hall–Kier alpha value is -4.07. The van der Waals surface area contributed by atoms with Crippen LogP contribution in [0, 0.1) is 0 Å². The number of hydrogen-bond donors (Lipinski definition) is 1. The van der Waals surface area contributed by atoms with Gasteiger partial charge >= 0.3 is 0 Å². The second kappa shape index (κ2) is 11.3. The molecule has 220 valence electrons. The van der Waals surface area contributed by atoms with E-state index in [0.717, 1.165) is 38.3 Å². The molecular formula is C29H35N9O3S. The molecule has 1 saturated heterocycles. The Kier molecular flexibility index (Phi) is 7.56. The Morgan fingerprint density at radius 1 is 1.17 bits per heavy atom. The van der Waals surface area contributed by atoms with Gasteiger partial charge in [-0.3, -0.25) is 4.79 Å². The topological polar surface area (TPSA) is 123 Å². The zero-order valence-electron chi connectivity index (χ0n) is 24.1. The fourth-order valence-corrected chi connectivity index (χ4v) is 6.07. The van der Waals surface area contributed by atoms with E-state index in [0.29, 0.717) is 41.8 Å². The van der Waals surface area contributed by atoms with Gasteiger partial charge in [-0.15, -0.1) is 6.58 Å². The van der Waals surface area contributed by atoms with Crippen LogP contribution in [0.15, 0.2) is 58.3 Å². The van der Waals surface area contributed by atoms with Gasteiger partial charge in [-0.1, -0.05) is 12.1 Å². The molecule has 0 aliphatic carbocycles. The van der Waals surface area contributed by atoms with Crippen LogP contribution in [0.25, 0.3) is 16.9 Å². The first-order valence-electron chi connectivity index (χ1n) is 13.9. The minimum absolute atomic E-state index is 0.237. The molecule has 0 spiro atoms. The van der Waals surface area contributed by atoms with Gasteiger partial charge in [0.2, 0.25) is 5.95 Å². The van der Waals surface area contributed by atoms with Gasteiger partial charge in [-0.05, 0) is 48.9 Å². The predicted octanol–water partition coefficient (Wildman–Crippen LogP) is 3.09. The summed E-state index contributed by atoms with van der Waals surface area (Å²) < 4.78 is 25.3. The second-order valence-corrected chi connectivity index (χ2v) is 13.4. The van der Waals surface area contributed by atoms with Crippen LogP contribution in [-0.2, 0) is 34.0 Å². The minimum atomic E-state index is -2.43. The molecule has 2 aliphatic heterocycles. The van der Waals surface area contributed by atoms with Crippen molar-refractivity contribution in [1.29, 1.82) is 0 Å². The zero-order chi connectivity index (χ0) is 29.4. The third-order valence-corrected chi connectivity index (χ3v) is 7.96. The highest BCUT2D eigenvalue weighted by atomic mass is 32.2. The molecule has 3 aromatic heterocycles. The molecule has 1 N–H and O–H groups in total. The number of nitrogens with zero attached hydrogens (tertiary/aromatic N) is 8. The summed E-state index contributed by atoms with van der Waals surface area (Å²) in [5.74, 6) is 1.09. The van der Waals surface area contributed by atoms with Crippen molar-refractivity contribution in [3.05, 3.63) is 70.7 Å². The standard InChI is InChI=1S/C29H35N9O3S/c1-5-10-37-28(39)23-18-30-29(33-27(23)38(37)26-8-6-7-25(32-26)34-42(3,4)40)31-21-16-20-19-35(2)11-9-22(20)24(17-21)36-12-14-41-15-13-36/h5-8,16-18H,1,9-15,19H2,2-4H3,(H,30,31,33). The lowest BCUT2D eigenvalue weighted by Gasteiger charge is -2.35. The van der Waals surface area contributed by atoms with Gasteiger partial charge < -0.3 is 19.9 Å². The predicted molar refractivity (Wildman–Crippen MR) is 166 cm³/mol. The number of allylic oxidation sites excluding steroid dienone is 1. The fourth-order valence-electron chi connectivity index (χ4n) is 5.52. The van der Waals surface area contributed by atoms with Crippen LogP contribution in [0.4, 0.5) is 23.1 Å². The van der Waals surface area contributed by atoms with E-state index in [4.69, 9.17) is 9.72 Å². The lowest BCUT2D eigenvalue weighted by molar-refractivity contribution is 0.122. The molecule has 0 amide bonds. The monoisotopic (exact) mass is 589 g/mol. The van der Waals surface area contributed by atoms with Crippen molar-refractivity contribution in [2.75, 3.05) is 62.6 Å². The van der Waals surface area contributed by atoms with Gasteiger partial charge in [-0.25, -0.2) is 23.5 Å². The molecule has 0 bridgehead atoms. The van der Waals surface area contributed by atoms with Crippen LogP contribution in [-0.4, -0.2) is 85.8 Å². The van der Waals surface area contributed by atoms with Crippen LogP contribution in [0.2, 0.25) is 0 Å². The number of benzene rings is 1. The number of nitrogens with one attached hydrogen (secondary N) is 1. The highest BCUT2D eigenvalue weighted by molar-refractivity contribution is 7.92. The summed E-state index contributed by atoms with van der Waals surface area (Å²) >= 11 is 0. The number of anilines is 3. The highest BCUT2D eigenvalue weighted by Gasteiger charge is 2.23. The maximum atomic E-state index is 13.4. The molecule has 42 heavy (non-hydrogen) atoms. The summed E-state index contributed by atoms with van der Waals surface area (Å²) in [6, 6.07) is 9.53. The number of morpholine rings is 1. The van der Waals surface area contributed by atoms with Crippen molar-refractivity contribution in [3.8, 4) is 5.82 Å². The number of rotatable bonds is 7. The number of ether oxygens (including phenoxy) is 1. The first-order valence-corrected chi connectivity index (χ1v) is 16.2. The summed E-state index contributed by atoms with van der Waals surface area (Å²) in [6.07, 6.45) is 7.27. The van der Waals surface area contributed by atoms with E-state index in [-0.39, 0.29) is 12.1 Å².